The van der Waals surface area contributed by atoms with Crippen LogP contribution in [0.1, 0.15) is 31.2 Å². The maximum atomic E-state index is 4.31. The minimum atomic E-state index is 0.492. The summed E-state index contributed by atoms with van der Waals surface area (Å²) in [5.74, 6) is 0.492. The largest absolute Gasteiger partial charge is 0.324 e. The van der Waals surface area contributed by atoms with E-state index in [2.05, 4.69) is 55.6 Å². The molecule has 0 amide bonds. The Hall–Kier alpha value is -0.830. The lowest BCUT2D eigenvalue weighted by molar-refractivity contribution is 0.381. The van der Waals surface area contributed by atoms with E-state index in [0.717, 1.165) is 13.1 Å². The second-order valence-corrected chi connectivity index (χ2v) is 4.29. The van der Waals surface area contributed by atoms with Crippen LogP contribution >= 0.6 is 0 Å². The van der Waals surface area contributed by atoms with Gasteiger partial charge in [-0.2, -0.15) is 0 Å². The maximum Gasteiger partial charge on any atom is 0.176 e. The molecule has 0 spiro atoms. The third-order valence-electron chi connectivity index (χ3n) is 2.38. The molecule has 0 aliphatic rings. The SMILES string of the molecule is Cc1c(C(C)C)n[c]n1CCN(C)C. The number of aromatic nitrogens is 2. The van der Waals surface area contributed by atoms with Crippen LogP contribution in [0, 0.1) is 13.3 Å². The molecule has 0 saturated carbocycles. The van der Waals surface area contributed by atoms with Crippen LogP contribution in [-0.2, 0) is 6.54 Å². The Morgan fingerprint density at radius 2 is 2.07 bits per heavy atom. The van der Waals surface area contributed by atoms with Crippen molar-refractivity contribution < 1.29 is 0 Å². The number of hydrogen-bond acceptors (Lipinski definition) is 2. The molecule has 1 heterocycles. The maximum absolute atomic E-state index is 4.31. The van der Waals surface area contributed by atoms with Gasteiger partial charge in [-0.25, -0.2) is 4.98 Å². The van der Waals surface area contributed by atoms with Gasteiger partial charge in [0.25, 0.3) is 0 Å². The smallest absolute Gasteiger partial charge is 0.176 e. The molecule has 79 valence electrons. The molecule has 14 heavy (non-hydrogen) atoms. The van der Waals surface area contributed by atoms with Crippen LogP contribution in [0.2, 0.25) is 0 Å². The number of rotatable bonds is 4. The fraction of sp³-hybridized carbons (Fsp3) is 0.727. The highest BCUT2D eigenvalue weighted by Gasteiger charge is 2.09. The average molecular weight is 194 g/mol. The van der Waals surface area contributed by atoms with Crippen molar-refractivity contribution in [1.29, 1.82) is 0 Å². The molecule has 1 rings (SSSR count). The molecular formula is C11H20N3. The molecule has 0 aliphatic carbocycles. The predicted octanol–water partition coefficient (Wildman–Crippen LogP) is 1.68. The van der Waals surface area contributed by atoms with E-state index in [1.165, 1.54) is 11.4 Å². The quantitative estimate of drug-likeness (QED) is 0.727. The molecule has 3 nitrogen and oxygen atoms in total. The van der Waals surface area contributed by atoms with Gasteiger partial charge in [0.2, 0.25) is 0 Å². The van der Waals surface area contributed by atoms with E-state index in [-0.39, 0.29) is 0 Å². The van der Waals surface area contributed by atoms with Gasteiger partial charge < -0.3 is 9.47 Å². The Kier molecular flexibility index (Phi) is 3.69. The third-order valence-corrected chi connectivity index (χ3v) is 2.38. The van der Waals surface area contributed by atoms with Gasteiger partial charge >= 0.3 is 0 Å². The van der Waals surface area contributed by atoms with Crippen molar-refractivity contribution in [3.8, 4) is 0 Å². The van der Waals surface area contributed by atoms with Crippen molar-refractivity contribution in [3.05, 3.63) is 17.7 Å². The number of hydrogen-bond donors (Lipinski definition) is 0. The zero-order valence-corrected chi connectivity index (χ0v) is 9.83. The molecule has 0 bridgehead atoms. The molecule has 1 radical (unpaired) electrons. The molecule has 0 saturated heterocycles. The Morgan fingerprint density at radius 1 is 1.43 bits per heavy atom. The van der Waals surface area contributed by atoms with Gasteiger partial charge in [0, 0.05) is 18.8 Å². The van der Waals surface area contributed by atoms with Crippen molar-refractivity contribution in [2.24, 2.45) is 0 Å². The third kappa shape index (κ3) is 2.58. The van der Waals surface area contributed by atoms with Crippen molar-refractivity contribution >= 4 is 0 Å². The fourth-order valence-corrected chi connectivity index (χ4v) is 1.47. The monoisotopic (exact) mass is 194 g/mol. The summed E-state index contributed by atoms with van der Waals surface area (Å²) in [6.07, 6.45) is 3.05. The molecule has 0 atom stereocenters. The van der Waals surface area contributed by atoms with E-state index in [4.69, 9.17) is 0 Å². The molecule has 0 N–H and O–H groups in total. The summed E-state index contributed by atoms with van der Waals surface area (Å²) in [6.45, 7) is 8.46. The topological polar surface area (TPSA) is 21.1 Å². The Morgan fingerprint density at radius 3 is 2.50 bits per heavy atom. The van der Waals surface area contributed by atoms with Crippen LogP contribution in [0.4, 0.5) is 0 Å². The van der Waals surface area contributed by atoms with E-state index in [9.17, 15) is 0 Å². The number of nitrogens with zero attached hydrogens (tertiary/aromatic N) is 3. The first kappa shape index (κ1) is 11.2. The van der Waals surface area contributed by atoms with Crippen LogP contribution in [0.15, 0.2) is 0 Å². The van der Waals surface area contributed by atoms with Gasteiger partial charge in [-0.1, -0.05) is 13.8 Å². The highest BCUT2D eigenvalue weighted by atomic mass is 15.1. The molecule has 0 unspecified atom stereocenters. The summed E-state index contributed by atoms with van der Waals surface area (Å²) in [5, 5.41) is 0. The second-order valence-electron chi connectivity index (χ2n) is 4.29. The Bertz CT molecular complexity index is 287. The van der Waals surface area contributed by atoms with Crippen molar-refractivity contribution in [2.75, 3.05) is 20.6 Å². The Balaban J connectivity index is 2.70. The minimum absolute atomic E-state index is 0.492. The van der Waals surface area contributed by atoms with Crippen LogP contribution < -0.4 is 0 Å². The van der Waals surface area contributed by atoms with Crippen LogP contribution in [0.5, 0.6) is 0 Å². The fourth-order valence-electron chi connectivity index (χ4n) is 1.47. The summed E-state index contributed by atoms with van der Waals surface area (Å²) in [7, 11) is 4.16. The van der Waals surface area contributed by atoms with E-state index >= 15 is 0 Å². The lowest BCUT2D eigenvalue weighted by Gasteiger charge is -2.11. The lowest BCUT2D eigenvalue weighted by Crippen LogP contribution is -2.18. The molecule has 1 aromatic rings. The zero-order chi connectivity index (χ0) is 10.7. The first-order chi connectivity index (χ1) is 6.52. The van der Waals surface area contributed by atoms with E-state index in [1.807, 2.05) is 0 Å². The summed E-state index contributed by atoms with van der Waals surface area (Å²) in [5.41, 5.74) is 2.42. The normalized spacial score (nSPS) is 11.6. The van der Waals surface area contributed by atoms with Crippen molar-refractivity contribution in [3.63, 3.8) is 0 Å². The van der Waals surface area contributed by atoms with Crippen LogP contribution in [0.25, 0.3) is 0 Å². The second kappa shape index (κ2) is 4.60. The van der Waals surface area contributed by atoms with Gasteiger partial charge in [-0.05, 0) is 26.9 Å². The van der Waals surface area contributed by atoms with E-state index in [1.54, 1.807) is 0 Å². The van der Waals surface area contributed by atoms with Crippen LogP contribution in [-0.4, -0.2) is 35.1 Å². The first-order valence-corrected chi connectivity index (χ1v) is 5.11. The summed E-state index contributed by atoms with van der Waals surface area (Å²) in [6, 6.07) is 0. The van der Waals surface area contributed by atoms with Gasteiger partial charge in [-0.3, -0.25) is 0 Å². The Labute approximate surface area is 86.7 Å². The molecule has 0 fully saturated rings. The summed E-state index contributed by atoms with van der Waals surface area (Å²) in [4.78, 5) is 6.48. The van der Waals surface area contributed by atoms with Crippen molar-refractivity contribution in [1.82, 2.24) is 14.5 Å². The van der Waals surface area contributed by atoms with Crippen molar-refractivity contribution in [2.45, 2.75) is 33.2 Å². The average Bonchev–Trinajstić information content (AvgIpc) is 2.43. The standard InChI is InChI=1S/C11H20N3/c1-9(2)11-10(3)14(8-12-11)7-6-13(4)5/h9H,6-7H2,1-5H3. The zero-order valence-electron chi connectivity index (χ0n) is 9.83. The molecule has 0 aromatic carbocycles. The van der Waals surface area contributed by atoms with Gasteiger partial charge in [0.15, 0.2) is 6.33 Å². The number of likely N-dealkylation sites (N-methyl/N-ethyl adjacent to an activating group) is 1. The predicted molar refractivity (Wildman–Crippen MR) is 58.4 cm³/mol. The van der Waals surface area contributed by atoms with Gasteiger partial charge in [0.05, 0.1) is 5.69 Å². The minimum Gasteiger partial charge on any atom is -0.324 e. The number of imidazole rings is 1. The molecule has 1 aromatic heterocycles. The lowest BCUT2D eigenvalue weighted by atomic mass is 10.1. The van der Waals surface area contributed by atoms with E-state index < -0.39 is 0 Å². The molecule has 3 heteroatoms. The highest BCUT2D eigenvalue weighted by Crippen LogP contribution is 2.16. The molecular weight excluding hydrogens is 174 g/mol. The van der Waals surface area contributed by atoms with E-state index in [0.29, 0.717) is 5.92 Å². The summed E-state index contributed by atoms with van der Waals surface area (Å²) >= 11 is 0. The van der Waals surface area contributed by atoms with Gasteiger partial charge in [0.1, 0.15) is 0 Å². The first-order valence-electron chi connectivity index (χ1n) is 5.11. The summed E-state index contributed by atoms with van der Waals surface area (Å²) < 4.78 is 2.11. The van der Waals surface area contributed by atoms with Gasteiger partial charge in [-0.15, -0.1) is 0 Å². The van der Waals surface area contributed by atoms with Crippen LogP contribution in [0.3, 0.4) is 0 Å². The highest BCUT2D eigenvalue weighted by molar-refractivity contribution is 5.14. The molecule has 0 aliphatic heterocycles.